The van der Waals surface area contributed by atoms with Gasteiger partial charge in [-0.15, -0.1) is 11.8 Å². The van der Waals surface area contributed by atoms with E-state index in [2.05, 4.69) is 0 Å². The number of amides is 2. The Morgan fingerprint density at radius 2 is 1.91 bits per heavy atom. The van der Waals surface area contributed by atoms with E-state index >= 15 is 0 Å². The Kier molecular flexibility index (Phi) is 5.11. The molecule has 2 atom stereocenters. The summed E-state index contributed by atoms with van der Waals surface area (Å²) in [7, 11) is 0. The van der Waals surface area contributed by atoms with Crippen LogP contribution < -0.4 is 10.6 Å². The van der Waals surface area contributed by atoms with Crippen molar-refractivity contribution in [3.63, 3.8) is 0 Å². The third-order valence-corrected chi connectivity index (χ3v) is 5.08. The molecule has 0 aromatic heterocycles. The lowest BCUT2D eigenvalue weighted by atomic mass is 10.0. The van der Waals surface area contributed by atoms with E-state index in [1.807, 2.05) is 32.9 Å². The molecule has 1 aromatic carbocycles. The van der Waals surface area contributed by atoms with Crippen LogP contribution in [0.25, 0.3) is 0 Å². The highest BCUT2D eigenvalue weighted by molar-refractivity contribution is 8.00. The summed E-state index contributed by atoms with van der Waals surface area (Å²) in [5.74, 6) is -1.57. The maximum Gasteiger partial charge on any atom is 0.321 e. The molecular formula is C16H20N2O4S. The summed E-state index contributed by atoms with van der Waals surface area (Å²) in [6.07, 6.45) is 0.0720. The predicted octanol–water partition coefficient (Wildman–Crippen LogP) is 1.39. The van der Waals surface area contributed by atoms with E-state index in [4.69, 9.17) is 10.8 Å². The van der Waals surface area contributed by atoms with Gasteiger partial charge in [0.25, 0.3) is 0 Å². The molecule has 0 radical (unpaired) electrons. The first-order valence-corrected chi connectivity index (χ1v) is 8.32. The summed E-state index contributed by atoms with van der Waals surface area (Å²) in [5.41, 5.74) is 8.91. The number of carbonyl (C=O) groups is 3. The third-order valence-electron chi connectivity index (χ3n) is 3.76. The van der Waals surface area contributed by atoms with Crippen molar-refractivity contribution in [3.05, 3.63) is 28.8 Å². The number of aliphatic carboxylic acids is 1. The Balaban J connectivity index is 2.21. The summed E-state index contributed by atoms with van der Waals surface area (Å²) in [6, 6.07) is 2.83. The molecule has 0 saturated carbocycles. The van der Waals surface area contributed by atoms with E-state index < -0.39 is 17.3 Å². The van der Waals surface area contributed by atoms with Crippen LogP contribution in [-0.2, 0) is 14.4 Å². The van der Waals surface area contributed by atoms with Crippen molar-refractivity contribution >= 4 is 35.2 Å². The number of carboxylic acids is 1. The fraction of sp³-hybridized carbons (Fsp3) is 0.438. The predicted molar refractivity (Wildman–Crippen MR) is 89.6 cm³/mol. The lowest BCUT2D eigenvalue weighted by Crippen LogP contribution is -2.35. The van der Waals surface area contributed by atoms with Gasteiger partial charge < -0.3 is 10.8 Å². The van der Waals surface area contributed by atoms with Gasteiger partial charge in [-0.2, -0.15) is 0 Å². The van der Waals surface area contributed by atoms with Crippen LogP contribution >= 0.6 is 11.8 Å². The van der Waals surface area contributed by atoms with Crippen molar-refractivity contribution in [2.45, 2.75) is 38.5 Å². The first-order valence-electron chi connectivity index (χ1n) is 7.27. The maximum absolute atomic E-state index is 12.6. The molecule has 6 nitrogen and oxygen atoms in total. The molecule has 124 valence electrons. The van der Waals surface area contributed by atoms with Crippen LogP contribution in [0.4, 0.5) is 5.69 Å². The van der Waals surface area contributed by atoms with Gasteiger partial charge in [0.05, 0.1) is 10.9 Å². The second-order valence-corrected chi connectivity index (χ2v) is 7.02. The summed E-state index contributed by atoms with van der Waals surface area (Å²) in [6.45, 7) is 5.71. The molecule has 0 spiro atoms. The van der Waals surface area contributed by atoms with Gasteiger partial charge in [0.15, 0.2) is 0 Å². The smallest absolute Gasteiger partial charge is 0.321 e. The minimum atomic E-state index is -1.11. The van der Waals surface area contributed by atoms with Crippen molar-refractivity contribution in [3.8, 4) is 0 Å². The molecule has 2 amide bonds. The Bertz CT molecular complexity index is 651. The molecule has 0 aliphatic carbocycles. The second kappa shape index (κ2) is 6.72. The van der Waals surface area contributed by atoms with E-state index in [0.717, 1.165) is 28.5 Å². The van der Waals surface area contributed by atoms with Gasteiger partial charge in [-0.3, -0.25) is 14.4 Å². The van der Waals surface area contributed by atoms with Gasteiger partial charge in [-0.1, -0.05) is 17.7 Å². The van der Waals surface area contributed by atoms with E-state index in [9.17, 15) is 14.4 Å². The van der Waals surface area contributed by atoms with E-state index in [0.29, 0.717) is 5.69 Å². The number of nitrogens with two attached hydrogens (primary N) is 1. The quantitative estimate of drug-likeness (QED) is 0.788. The van der Waals surface area contributed by atoms with Crippen LogP contribution in [0.5, 0.6) is 0 Å². The zero-order valence-corrected chi connectivity index (χ0v) is 14.1. The molecule has 0 unspecified atom stereocenters. The van der Waals surface area contributed by atoms with E-state index in [-0.39, 0.29) is 24.0 Å². The largest absolute Gasteiger partial charge is 0.480 e. The molecule has 1 saturated heterocycles. The summed E-state index contributed by atoms with van der Waals surface area (Å²) < 4.78 is 0. The highest BCUT2D eigenvalue weighted by Gasteiger charge is 2.41. The number of nitrogens with zero attached hydrogens (tertiary/aromatic N) is 1. The first kappa shape index (κ1) is 17.5. The molecule has 2 rings (SSSR count). The fourth-order valence-electron chi connectivity index (χ4n) is 2.79. The lowest BCUT2D eigenvalue weighted by Gasteiger charge is -2.20. The zero-order valence-electron chi connectivity index (χ0n) is 13.3. The number of anilines is 1. The number of carbonyl (C=O) groups excluding carboxylic acids is 2. The molecular weight excluding hydrogens is 316 g/mol. The monoisotopic (exact) mass is 336 g/mol. The number of hydrogen-bond acceptors (Lipinski definition) is 5. The summed E-state index contributed by atoms with van der Waals surface area (Å²) in [5, 5.41) is 8.23. The average molecular weight is 336 g/mol. The Morgan fingerprint density at radius 3 is 2.43 bits per heavy atom. The van der Waals surface area contributed by atoms with Crippen LogP contribution in [0.1, 0.15) is 23.1 Å². The van der Waals surface area contributed by atoms with Gasteiger partial charge >= 0.3 is 5.97 Å². The van der Waals surface area contributed by atoms with Crippen molar-refractivity contribution in [2.75, 3.05) is 10.7 Å². The Hall–Kier alpha value is -1.86. The van der Waals surface area contributed by atoms with Crippen LogP contribution in [0.15, 0.2) is 12.1 Å². The molecule has 1 fully saturated rings. The van der Waals surface area contributed by atoms with Crippen LogP contribution in [0, 0.1) is 20.8 Å². The topological polar surface area (TPSA) is 101 Å². The summed E-state index contributed by atoms with van der Waals surface area (Å²) in [4.78, 5) is 36.9. The maximum atomic E-state index is 12.6. The molecule has 23 heavy (non-hydrogen) atoms. The molecule has 1 aliphatic heterocycles. The number of carboxylic acid groups (broad SMARTS) is 1. The van der Waals surface area contributed by atoms with Crippen molar-refractivity contribution in [1.82, 2.24) is 0 Å². The zero-order chi connectivity index (χ0) is 17.3. The number of hydrogen-bond donors (Lipinski definition) is 2. The van der Waals surface area contributed by atoms with Gasteiger partial charge in [-0.25, -0.2) is 4.90 Å². The average Bonchev–Trinajstić information content (AvgIpc) is 2.71. The van der Waals surface area contributed by atoms with E-state index in [1.54, 1.807) is 0 Å². The highest BCUT2D eigenvalue weighted by atomic mass is 32.2. The highest BCUT2D eigenvalue weighted by Crippen LogP contribution is 2.34. The third kappa shape index (κ3) is 3.56. The molecule has 0 bridgehead atoms. The van der Waals surface area contributed by atoms with Gasteiger partial charge in [0.1, 0.15) is 6.04 Å². The van der Waals surface area contributed by atoms with Gasteiger partial charge in [0.2, 0.25) is 11.8 Å². The molecule has 1 aliphatic rings. The van der Waals surface area contributed by atoms with E-state index in [1.165, 1.54) is 4.90 Å². The SMILES string of the molecule is Cc1cc(C)c(N2C(=O)C[C@H](SC[C@@H](N)C(=O)O)C2=O)c(C)c1. The second-order valence-electron chi connectivity index (χ2n) is 5.79. The summed E-state index contributed by atoms with van der Waals surface area (Å²) >= 11 is 1.13. The number of rotatable bonds is 5. The van der Waals surface area contributed by atoms with Gasteiger partial charge in [-0.05, 0) is 31.9 Å². The van der Waals surface area contributed by atoms with Crippen molar-refractivity contribution in [2.24, 2.45) is 5.73 Å². The van der Waals surface area contributed by atoms with Crippen molar-refractivity contribution < 1.29 is 19.5 Å². The number of benzene rings is 1. The van der Waals surface area contributed by atoms with Crippen LogP contribution in [0.3, 0.4) is 0 Å². The minimum Gasteiger partial charge on any atom is -0.480 e. The first-order chi connectivity index (χ1) is 10.7. The van der Waals surface area contributed by atoms with Gasteiger partial charge in [0, 0.05) is 12.2 Å². The lowest BCUT2D eigenvalue weighted by molar-refractivity contribution is -0.138. The standard InChI is InChI=1S/C16H20N2O4S/c1-8-4-9(2)14(10(3)5-8)18-13(19)6-12(15(18)20)23-7-11(17)16(21)22/h4-5,11-12H,6-7,17H2,1-3H3,(H,21,22)/t11-,12+/m1/s1. The minimum absolute atomic E-state index is 0.0720. The number of aryl methyl sites for hydroxylation is 3. The fourth-order valence-corrected chi connectivity index (χ4v) is 3.88. The van der Waals surface area contributed by atoms with Crippen molar-refractivity contribution in [1.29, 1.82) is 0 Å². The molecule has 1 heterocycles. The molecule has 7 heteroatoms. The number of thioether (sulfide) groups is 1. The Morgan fingerprint density at radius 1 is 1.35 bits per heavy atom. The Labute approximate surface area is 139 Å². The number of imide groups is 1. The van der Waals surface area contributed by atoms with Crippen LogP contribution in [0.2, 0.25) is 0 Å². The molecule has 3 N–H and O–H groups in total. The van der Waals surface area contributed by atoms with Crippen LogP contribution in [-0.4, -0.2) is 39.9 Å². The molecule has 1 aromatic rings. The normalized spacial score (nSPS) is 19.3.